The standard InChI is InChI=1S/C8H10ClNO3S/c1-13-8-6-7(2-4-10-8)3-5-14(9,11)12/h2,4,6H,3,5H2,1H3. The molecule has 6 heteroatoms. The smallest absolute Gasteiger partial charge is 0.232 e. The van der Waals surface area contributed by atoms with Crippen molar-refractivity contribution < 1.29 is 13.2 Å². The number of pyridine rings is 1. The Morgan fingerprint density at radius 2 is 2.29 bits per heavy atom. The minimum absolute atomic E-state index is 0.0816. The average Bonchev–Trinajstić information content (AvgIpc) is 2.14. The maximum absolute atomic E-state index is 10.7. The average molecular weight is 236 g/mol. The maximum atomic E-state index is 10.7. The van der Waals surface area contributed by atoms with Crippen molar-refractivity contribution in [2.24, 2.45) is 0 Å². The van der Waals surface area contributed by atoms with Crippen LogP contribution >= 0.6 is 10.7 Å². The first-order chi connectivity index (χ1) is 6.51. The predicted molar refractivity (Wildman–Crippen MR) is 54.1 cm³/mol. The molecule has 0 spiro atoms. The highest BCUT2D eigenvalue weighted by Gasteiger charge is 2.06. The predicted octanol–water partition coefficient (Wildman–Crippen LogP) is 1.20. The molecule has 4 nitrogen and oxygen atoms in total. The van der Waals surface area contributed by atoms with Gasteiger partial charge in [0.2, 0.25) is 14.9 Å². The summed E-state index contributed by atoms with van der Waals surface area (Å²) in [4.78, 5) is 3.90. The second kappa shape index (κ2) is 4.61. The normalized spacial score (nSPS) is 11.3. The Bertz CT molecular complexity index is 405. The fourth-order valence-electron chi connectivity index (χ4n) is 0.957. The van der Waals surface area contributed by atoms with Gasteiger partial charge < -0.3 is 4.74 Å². The summed E-state index contributed by atoms with van der Waals surface area (Å²) in [5.74, 6) is 0.385. The van der Waals surface area contributed by atoms with E-state index in [-0.39, 0.29) is 5.75 Å². The van der Waals surface area contributed by atoms with Crippen LogP contribution in [0.1, 0.15) is 5.56 Å². The molecule has 0 unspecified atom stereocenters. The van der Waals surface area contributed by atoms with Gasteiger partial charge in [0.25, 0.3) is 0 Å². The molecule has 0 aliphatic heterocycles. The second-order valence-electron chi connectivity index (χ2n) is 2.70. The van der Waals surface area contributed by atoms with Gasteiger partial charge in [0.05, 0.1) is 12.9 Å². The first-order valence-electron chi connectivity index (χ1n) is 3.92. The van der Waals surface area contributed by atoms with Gasteiger partial charge in [0.15, 0.2) is 0 Å². The summed E-state index contributed by atoms with van der Waals surface area (Å²) in [6.45, 7) is 0. The molecule has 0 bridgehead atoms. The lowest BCUT2D eigenvalue weighted by Crippen LogP contribution is -2.01. The van der Waals surface area contributed by atoms with Gasteiger partial charge in [-0.2, -0.15) is 0 Å². The topological polar surface area (TPSA) is 56.3 Å². The molecule has 1 aromatic rings. The molecule has 0 amide bonds. The number of methoxy groups -OCH3 is 1. The van der Waals surface area contributed by atoms with Gasteiger partial charge in [-0.3, -0.25) is 0 Å². The summed E-state index contributed by atoms with van der Waals surface area (Å²) in [6.07, 6.45) is 1.93. The zero-order valence-electron chi connectivity index (χ0n) is 7.60. The van der Waals surface area contributed by atoms with Gasteiger partial charge in [0, 0.05) is 22.9 Å². The van der Waals surface area contributed by atoms with Crippen molar-refractivity contribution in [3.63, 3.8) is 0 Å². The first-order valence-corrected chi connectivity index (χ1v) is 6.40. The summed E-state index contributed by atoms with van der Waals surface area (Å²) < 4.78 is 26.2. The molecular weight excluding hydrogens is 226 g/mol. The molecule has 1 aromatic heterocycles. The number of hydrogen-bond donors (Lipinski definition) is 0. The minimum Gasteiger partial charge on any atom is -0.481 e. The molecule has 0 aliphatic carbocycles. The summed E-state index contributed by atoms with van der Waals surface area (Å²) in [5.41, 5.74) is 0.834. The third-order valence-corrected chi connectivity index (χ3v) is 2.80. The minimum atomic E-state index is -3.43. The van der Waals surface area contributed by atoms with Crippen molar-refractivity contribution in [3.05, 3.63) is 23.9 Å². The summed E-state index contributed by atoms with van der Waals surface area (Å²) >= 11 is 0. The third-order valence-electron chi connectivity index (χ3n) is 1.64. The molecule has 0 aliphatic rings. The van der Waals surface area contributed by atoms with Gasteiger partial charge >= 0.3 is 0 Å². The van der Waals surface area contributed by atoms with Crippen LogP contribution in [0.3, 0.4) is 0 Å². The quantitative estimate of drug-likeness (QED) is 0.736. The zero-order chi connectivity index (χ0) is 10.6. The van der Waals surface area contributed by atoms with E-state index in [0.717, 1.165) is 5.56 Å². The van der Waals surface area contributed by atoms with E-state index in [1.54, 1.807) is 18.3 Å². The molecule has 0 atom stereocenters. The van der Waals surface area contributed by atoms with Crippen molar-refractivity contribution >= 4 is 19.7 Å². The Morgan fingerprint density at radius 3 is 2.86 bits per heavy atom. The summed E-state index contributed by atoms with van der Waals surface area (Å²) in [5, 5.41) is 0. The Kier molecular flexibility index (Phi) is 3.71. The highest BCUT2D eigenvalue weighted by molar-refractivity contribution is 8.13. The van der Waals surface area contributed by atoms with E-state index in [2.05, 4.69) is 4.98 Å². The Hall–Kier alpha value is -0.810. The molecule has 0 saturated carbocycles. The second-order valence-corrected chi connectivity index (χ2v) is 5.60. The molecule has 0 fully saturated rings. The monoisotopic (exact) mass is 235 g/mol. The highest BCUT2D eigenvalue weighted by atomic mass is 35.7. The van der Waals surface area contributed by atoms with E-state index in [1.165, 1.54) is 7.11 Å². The third kappa shape index (κ3) is 3.93. The van der Waals surface area contributed by atoms with Gasteiger partial charge in [-0.25, -0.2) is 13.4 Å². The number of hydrogen-bond acceptors (Lipinski definition) is 4. The van der Waals surface area contributed by atoms with E-state index >= 15 is 0 Å². The van der Waals surface area contributed by atoms with Crippen molar-refractivity contribution in [2.75, 3.05) is 12.9 Å². The Morgan fingerprint density at radius 1 is 1.57 bits per heavy atom. The highest BCUT2D eigenvalue weighted by Crippen LogP contribution is 2.10. The van der Waals surface area contributed by atoms with E-state index in [1.807, 2.05) is 0 Å². The molecule has 0 N–H and O–H groups in total. The lowest BCUT2D eigenvalue weighted by Gasteiger charge is -2.01. The molecule has 0 aromatic carbocycles. The molecule has 1 heterocycles. The van der Waals surface area contributed by atoms with E-state index in [0.29, 0.717) is 12.3 Å². The Labute approximate surface area is 87.3 Å². The maximum Gasteiger partial charge on any atom is 0.232 e. The number of aryl methyl sites for hydroxylation is 1. The van der Waals surface area contributed by atoms with Crippen molar-refractivity contribution in [3.8, 4) is 5.88 Å². The fourth-order valence-corrected chi connectivity index (χ4v) is 1.67. The number of rotatable bonds is 4. The fraction of sp³-hybridized carbons (Fsp3) is 0.375. The molecule has 0 radical (unpaired) electrons. The molecule has 1 rings (SSSR count). The van der Waals surface area contributed by atoms with Crippen LogP contribution in [0.4, 0.5) is 0 Å². The lowest BCUT2D eigenvalue weighted by atomic mass is 10.2. The van der Waals surface area contributed by atoms with Crippen LogP contribution in [0.5, 0.6) is 5.88 Å². The van der Waals surface area contributed by atoms with E-state index in [9.17, 15) is 8.42 Å². The molecular formula is C8H10ClNO3S. The molecule has 14 heavy (non-hydrogen) atoms. The van der Waals surface area contributed by atoms with Gasteiger partial charge in [0.1, 0.15) is 0 Å². The van der Waals surface area contributed by atoms with Crippen LogP contribution in [0.15, 0.2) is 18.3 Å². The SMILES string of the molecule is COc1cc(CCS(=O)(=O)Cl)ccn1. The van der Waals surface area contributed by atoms with Crippen LogP contribution in [-0.4, -0.2) is 26.3 Å². The largest absolute Gasteiger partial charge is 0.481 e. The zero-order valence-corrected chi connectivity index (χ0v) is 9.18. The summed E-state index contributed by atoms with van der Waals surface area (Å²) in [7, 11) is 3.16. The summed E-state index contributed by atoms with van der Waals surface area (Å²) in [6, 6.07) is 3.41. The van der Waals surface area contributed by atoms with Crippen LogP contribution < -0.4 is 4.74 Å². The van der Waals surface area contributed by atoms with Crippen LogP contribution in [-0.2, 0) is 15.5 Å². The van der Waals surface area contributed by atoms with Gasteiger partial charge in [-0.05, 0) is 18.1 Å². The Balaban J connectivity index is 2.68. The number of aromatic nitrogens is 1. The van der Waals surface area contributed by atoms with Crippen LogP contribution in [0, 0.1) is 0 Å². The van der Waals surface area contributed by atoms with E-state index < -0.39 is 9.05 Å². The number of nitrogens with zero attached hydrogens (tertiary/aromatic N) is 1. The lowest BCUT2D eigenvalue weighted by molar-refractivity contribution is 0.397. The van der Waals surface area contributed by atoms with Crippen LogP contribution in [0.25, 0.3) is 0 Å². The first kappa shape index (κ1) is 11.3. The van der Waals surface area contributed by atoms with E-state index in [4.69, 9.17) is 15.4 Å². The van der Waals surface area contributed by atoms with Gasteiger partial charge in [-0.15, -0.1) is 0 Å². The number of ether oxygens (including phenoxy) is 1. The molecule has 78 valence electrons. The molecule has 0 saturated heterocycles. The van der Waals surface area contributed by atoms with Crippen molar-refractivity contribution in [2.45, 2.75) is 6.42 Å². The number of halogens is 1. The van der Waals surface area contributed by atoms with Crippen molar-refractivity contribution in [1.82, 2.24) is 4.98 Å². The van der Waals surface area contributed by atoms with Gasteiger partial charge in [-0.1, -0.05) is 0 Å². The van der Waals surface area contributed by atoms with Crippen LogP contribution in [0.2, 0.25) is 0 Å². The van der Waals surface area contributed by atoms with Crippen molar-refractivity contribution in [1.29, 1.82) is 0 Å².